The van der Waals surface area contributed by atoms with Crippen molar-refractivity contribution in [2.75, 3.05) is 24.2 Å². The van der Waals surface area contributed by atoms with Crippen LogP contribution >= 0.6 is 23.1 Å². The molecular formula is C16H15N3OS2. The van der Waals surface area contributed by atoms with Gasteiger partial charge in [-0.25, -0.2) is 9.97 Å². The molecule has 6 heteroatoms. The number of aliphatic hydroxyl groups excluding tert-OH is 1. The van der Waals surface area contributed by atoms with Gasteiger partial charge >= 0.3 is 0 Å². The van der Waals surface area contributed by atoms with Crippen molar-refractivity contribution in [1.82, 2.24) is 9.97 Å². The van der Waals surface area contributed by atoms with Gasteiger partial charge in [0, 0.05) is 32.8 Å². The fourth-order valence-corrected chi connectivity index (χ4v) is 5.31. The smallest absolute Gasteiger partial charge is 0.133 e. The standard InChI is InChI=1S/C16H15N3OS2/c20-7-6-17-16-11-5-8-21-14-10-3-1-2-4-12(10)22-15(14)13(11)18-9-19-16/h1-4,9,20H,5-8H2,(H,17,18,19). The van der Waals surface area contributed by atoms with E-state index in [1.807, 2.05) is 11.8 Å². The third-order valence-corrected chi connectivity index (χ3v) is 6.14. The number of thioether (sulfide) groups is 1. The Hall–Kier alpha value is -1.63. The Kier molecular flexibility index (Phi) is 3.73. The fourth-order valence-electron chi connectivity index (χ4n) is 2.75. The molecular weight excluding hydrogens is 314 g/mol. The number of thiophene rings is 1. The van der Waals surface area contributed by atoms with Crippen LogP contribution in [0.2, 0.25) is 0 Å². The van der Waals surface area contributed by atoms with Crippen LogP contribution in [0, 0.1) is 0 Å². The van der Waals surface area contributed by atoms with Gasteiger partial charge in [0.1, 0.15) is 12.1 Å². The van der Waals surface area contributed by atoms with Gasteiger partial charge in [0.15, 0.2) is 0 Å². The topological polar surface area (TPSA) is 58.0 Å². The molecule has 1 aliphatic rings. The van der Waals surface area contributed by atoms with Gasteiger partial charge in [0.05, 0.1) is 17.2 Å². The first-order valence-corrected chi connectivity index (χ1v) is 9.02. The van der Waals surface area contributed by atoms with E-state index in [4.69, 9.17) is 5.11 Å². The second kappa shape index (κ2) is 5.87. The van der Waals surface area contributed by atoms with Crippen LogP contribution in [0.1, 0.15) is 5.56 Å². The molecule has 2 aromatic heterocycles. The first kappa shape index (κ1) is 14.0. The van der Waals surface area contributed by atoms with E-state index in [0.29, 0.717) is 6.54 Å². The molecule has 2 N–H and O–H groups in total. The SMILES string of the molecule is OCCNc1ncnc2c1CCSc1c-2sc2ccccc12. The zero-order chi connectivity index (χ0) is 14.9. The molecule has 1 aromatic carbocycles. The van der Waals surface area contributed by atoms with E-state index in [0.717, 1.165) is 29.2 Å². The Morgan fingerprint density at radius 2 is 2.14 bits per heavy atom. The van der Waals surface area contributed by atoms with Crippen LogP contribution in [0.4, 0.5) is 5.82 Å². The van der Waals surface area contributed by atoms with E-state index < -0.39 is 0 Å². The van der Waals surface area contributed by atoms with Gasteiger partial charge in [-0.2, -0.15) is 0 Å². The van der Waals surface area contributed by atoms with Crippen LogP contribution in [-0.2, 0) is 6.42 Å². The molecule has 0 saturated heterocycles. The largest absolute Gasteiger partial charge is 0.395 e. The fraction of sp³-hybridized carbons (Fsp3) is 0.250. The third-order valence-electron chi connectivity index (χ3n) is 3.71. The molecule has 22 heavy (non-hydrogen) atoms. The molecule has 4 rings (SSSR count). The molecule has 0 fully saturated rings. The van der Waals surface area contributed by atoms with E-state index in [1.165, 1.54) is 19.9 Å². The molecule has 0 amide bonds. The van der Waals surface area contributed by atoms with Gasteiger partial charge in [-0.15, -0.1) is 23.1 Å². The van der Waals surface area contributed by atoms with Crippen molar-refractivity contribution < 1.29 is 5.11 Å². The highest BCUT2D eigenvalue weighted by Gasteiger charge is 2.23. The van der Waals surface area contributed by atoms with Crippen LogP contribution in [0.3, 0.4) is 0 Å². The summed E-state index contributed by atoms with van der Waals surface area (Å²) in [5.74, 6) is 1.87. The van der Waals surface area contributed by atoms with Crippen molar-refractivity contribution in [3.63, 3.8) is 0 Å². The minimum Gasteiger partial charge on any atom is -0.395 e. The molecule has 3 heterocycles. The highest BCUT2D eigenvalue weighted by Crippen LogP contribution is 2.47. The number of hydrogen-bond donors (Lipinski definition) is 2. The lowest BCUT2D eigenvalue weighted by atomic mass is 10.1. The number of fused-ring (bicyclic) bond motifs is 5. The summed E-state index contributed by atoms with van der Waals surface area (Å²) in [5, 5.41) is 13.6. The molecule has 1 aliphatic heterocycles. The summed E-state index contributed by atoms with van der Waals surface area (Å²) in [5.41, 5.74) is 2.20. The first-order valence-electron chi connectivity index (χ1n) is 7.22. The summed E-state index contributed by atoms with van der Waals surface area (Å²) < 4.78 is 1.30. The predicted octanol–water partition coefficient (Wildman–Crippen LogP) is 3.41. The van der Waals surface area contributed by atoms with Crippen LogP contribution in [0.5, 0.6) is 0 Å². The maximum atomic E-state index is 9.03. The lowest BCUT2D eigenvalue weighted by Crippen LogP contribution is -2.10. The average molecular weight is 329 g/mol. The Balaban J connectivity index is 1.91. The maximum Gasteiger partial charge on any atom is 0.133 e. The summed E-state index contributed by atoms with van der Waals surface area (Å²) in [6.45, 7) is 0.609. The zero-order valence-electron chi connectivity index (χ0n) is 11.9. The lowest BCUT2D eigenvalue weighted by Gasteiger charge is -2.11. The average Bonchev–Trinajstić information content (AvgIpc) is 2.82. The van der Waals surface area contributed by atoms with Crippen LogP contribution in [-0.4, -0.2) is 34.0 Å². The minimum absolute atomic E-state index is 0.0989. The van der Waals surface area contributed by atoms with Crippen molar-refractivity contribution in [2.45, 2.75) is 11.3 Å². The number of rotatable bonds is 3. The number of nitrogens with zero attached hydrogens (tertiary/aromatic N) is 2. The van der Waals surface area contributed by atoms with Gasteiger partial charge in [-0.1, -0.05) is 18.2 Å². The van der Waals surface area contributed by atoms with Gasteiger partial charge < -0.3 is 10.4 Å². The van der Waals surface area contributed by atoms with Gasteiger partial charge in [-0.05, 0) is 12.5 Å². The molecule has 0 atom stereocenters. The maximum absolute atomic E-state index is 9.03. The normalized spacial score (nSPS) is 13.5. The lowest BCUT2D eigenvalue weighted by molar-refractivity contribution is 0.311. The summed E-state index contributed by atoms with van der Waals surface area (Å²) in [6.07, 6.45) is 2.55. The molecule has 4 nitrogen and oxygen atoms in total. The summed E-state index contributed by atoms with van der Waals surface area (Å²) in [4.78, 5) is 11.5. The first-order chi connectivity index (χ1) is 10.9. The van der Waals surface area contributed by atoms with Crippen LogP contribution in [0.15, 0.2) is 35.5 Å². The number of nitrogens with one attached hydrogen (secondary N) is 1. The zero-order valence-corrected chi connectivity index (χ0v) is 13.5. The molecule has 0 bridgehead atoms. The molecule has 0 unspecified atom stereocenters. The molecule has 0 spiro atoms. The number of hydrogen-bond acceptors (Lipinski definition) is 6. The Morgan fingerprint density at radius 3 is 3.05 bits per heavy atom. The molecule has 112 valence electrons. The number of aliphatic hydroxyl groups is 1. The summed E-state index contributed by atoms with van der Waals surface area (Å²) in [6, 6.07) is 8.53. The van der Waals surface area contributed by atoms with E-state index in [1.54, 1.807) is 17.7 Å². The van der Waals surface area contributed by atoms with E-state index in [9.17, 15) is 0 Å². The van der Waals surface area contributed by atoms with Gasteiger partial charge in [-0.3, -0.25) is 0 Å². The summed E-state index contributed by atoms with van der Waals surface area (Å²) in [7, 11) is 0. The quantitative estimate of drug-likeness (QED) is 0.771. The molecule has 0 radical (unpaired) electrons. The van der Waals surface area contributed by atoms with Gasteiger partial charge in [0.2, 0.25) is 0 Å². The number of aromatic nitrogens is 2. The van der Waals surface area contributed by atoms with Crippen molar-refractivity contribution in [2.24, 2.45) is 0 Å². The summed E-state index contributed by atoms with van der Waals surface area (Å²) >= 11 is 3.70. The van der Waals surface area contributed by atoms with Crippen molar-refractivity contribution in [3.05, 3.63) is 36.2 Å². The Morgan fingerprint density at radius 1 is 1.23 bits per heavy atom. The van der Waals surface area contributed by atoms with Crippen molar-refractivity contribution in [1.29, 1.82) is 0 Å². The van der Waals surface area contributed by atoms with E-state index >= 15 is 0 Å². The van der Waals surface area contributed by atoms with Crippen LogP contribution < -0.4 is 5.32 Å². The Labute approximate surface area is 136 Å². The predicted molar refractivity (Wildman–Crippen MR) is 92.9 cm³/mol. The number of benzene rings is 1. The van der Waals surface area contributed by atoms with Crippen molar-refractivity contribution >= 4 is 39.0 Å². The number of anilines is 1. The monoisotopic (exact) mass is 329 g/mol. The highest BCUT2D eigenvalue weighted by atomic mass is 32.2. The second-order valence-electron chi connectivity index (χ2n) is 5.05. The van der Waals surface area contributed by atoms with Gasteiger partial charge in [0.25, 0.3) is 0 Å². The second-order valence-corrected chi connectivity index (χ2v) is 7.21. The third kappa shape index (κ3) is 2.27. The molecule has 3 aromatic rings. The van der Waals surface area contributed by atoms with E-state index in [-0.39, 0.29) is 6.61 Å². The minimum atomic E-state index is 0.0989. The highest BCUT2D eigenvalue weighted by molar-refractivity contribution is 7.99. The van der Waals surface area contributed by atoms with Crippen LogP contribution in [0.25, 0.3) is 20.7 Å². The Bertz CT molecular complexity index is 831. The molecule has 0 saturated carbocycles. The molecule has 0 aliphatic carbocycles. The van der Waals surface area contributed by atoms with Crippen molar-refractivity contribution in [3.8, 4) is 10.6 Å². The van der Waals surface area contributed by atoms with E-state index in [2.05, 4.69) is 39.6 Å².